The van der Waals surface area contributed by atoms with E-state index in [0.29, 0.717) is 34.9 Å². The van der Waals surface area contributed by atoms with Gasteiger partial charge in [0.2, 0.25) is 0 Å². The predicted octanol–water partition coefficient (Wildman–Crippen LogP) is 5.33. The minimum absolute atomic E-state index is 0.0893. The van der Waals surface area contributed by atoms with Gasteiger partial charge in [0.05, 0.1) is 12.8 Å². The van der Waals surface area contributed by atoms with Crippen LogP contribution >= 0.6 is 0 Å². The Labute approximate surface area is 194 Å². The Bertz CT molecular complexity index is 1140. The van der Waals surface area contributed by atoms with E-state index in [1.54, 1.807) is 24.3 Å². The molecule has 0 radical (unpaired) electrons. The third-order valence-electron chi connectivity index (χ3n) is 5.76. The van der Waals surface area contributed by atoms with Crippen molar-refractivity contribution in [1.29, 1.82) is 0 Å². The SMILES string of the molecule is COc1cc(C(=O)Nc2ccc(N3CCCC3)cc2C(C)=O)ccc1OCc1ccccc1. The van der Waals surface area contributed by atoms with Crippen LogP contribution in [0, 0.1) is 0 Å². The fourth-order valence-electron chi connectivity index (χ4n) is 3.96. The smallest absolute Gasteiger partial charge is 0.255 e. The van der Waals surface area contributed by atoms with Crippen molar-refractivity contribution in [3.8, 4) is 11.5 Å². The van der Waals surface area contributed by atoms with E-state index in [9.17, 15) is 9.59 Å². The first-order chi connectivity index (χ1) is 16.0. The van der Waals surface area contributed by atoms with Gasteiger partial charge in [-0.2, -0.15) is 0 Å². The number of amides is 1. The summed E-state index contributed by atoms with van der Waals surface area (Å²) < 4.78 is 11.3. The molecule has 4 rings (SSSR count). The molecule has 0 atom stereocenters. The van der Waals surface area contributed by atoms with E-state index < -0.39 is 0 Å². The Kier molecular flexibility index (Phi) is 6.93. The van der Waals surface area contributed by atoms with E-state index in [4.69, 9.17) is 9.47 Å². The van der Waals surface area contributed by atoms with Crippen molar-refractivity contribution >= 4 is 23.1 Å². The highest BCUT2D eigenvalue weighted by atomic mass is 16.5. The Morgan fingerprint density at radius 2 is 1.70 bits per heavy atom. The van der Waals surface area contributed by atoms with Gasteiger partial charge in [-0.25, -0.2) is 0 Å². The van der Waals surface area contributed by atoms with Crippen molar-refractivity contribution in [2.75, 3.05) is 30.4 Å². The highest BCUT2D eigenvalue weighted by molar-refractivity contribution is 6.09. The van der Waals surface area contributed by atoms with Crippen LogP contribution < -0.4 is 19.7 Å². The van der Waals surface area contributed by atoms with Crippen LogP contribution in [0.2, 0.25) is 0 Å². The predicted molar refractivity (Wildman–Crippen MR) is 130 cm³/mol. The number of carbonyl (C=O) groups is 2. The number of ketones is 1. The highest BCUT2D eigenvalue weighted by Gasteiger charge is 2.18. The first-order valence-electron chi connectivity index (χ1n) is 11.1. The van der Waals surface area contributed by atoms with Crippen LogP contribution in [0.1, 0.15) is 46.0 Å². The second kappa shape index (κ2) is 10.2. The zero-order valence-electron chi connectivity index (χ0n) is 19.0. The normalized spacial score (nSPS) is 13.0. The van der Waals surface area contributed by atoms with Crippen molar-refractivity contribution in [3.63, 3.8) is 0 Å². The van der Waals surface area contributed by atoms with Crippen LogP contribution in [0.25, 0.3) is 0 Å². The van der Waals surface area contributed by atoms with Gasteiger partial charge in [0.1, 0.15) is 6.61 Å². The summed E-state index contributed by atoms with van der Waals surface area (Å²) in [5.74, 6) is 0.611. The van der Waals surface area contributed by atoms with Crippen molar-refractivity contribution in [1.82, 2.24) is 0 Å². The van der Waals surface area contributed by atoms with Gasteiger partial charge in [-0.05, 0) is 61.7 Å². The molecule has 0 spiro atoms. The number of hydrogen-bond acceptors (Lipinski definition) is 5. The summed E-state index contributed by atoms with van der Waals surface area (Å²) in [6.45, 7) is 3.89. The van der Waals surface area contributed by atoms with Crippen molar-refractivity contribution < 1.29 is 19.1 Å². The van der Waals surface area contributed by atoms with Gasteiger partial charge in [0, 0.05) is 29.9 Å². The molecule has 170 valence electrons. The summed E-state index contributed by atoms with van der Waals surface area (Å²) in [5, 5.41) is 2.88. The molecule has 0 aromatic heterocycles. The van der Waals surface area contributed by atoms with Gasteiger partial charge in [-0.15, -0.1) is 0 Å². The number of Topliss-reactive ketones (excluding diaryl/α,β-unsaturated/α-hetero) is 1. The fraction of sp³-hybridized carbons (Fsp3) is 0.259. The average molecular weight is 445 g/mol. The third-order valence-corrected chi connectivity index (χ3v) is 5.76. The van der Waals surface area contributed by atoms with Gasteiger partial charge in [0.25, 0.3) is 5.91 Å². The lowest BCUT2D eigenvalue weighted by atomic mass is 10.1. The largest absolute Gasteiger partial charge is 0.493 e. The quantitative estimate of drug-likeness (QED) is 0.476. The number of ether oxygens (including phenoxy) is 2. The van der Waals surface area contributed by atoms with Crippen LogP contribution in [-0.2, 0) is 6.61 Å². The van der Waals surface area contributed by atoms with Crippen LogP contribution in [-0.4, -0.2) is 31.9 Å². The number of rotatable bonds is 8. The second-order valence-electron chi connectivity index (χ2n) is 8.07. The van der Waals surface area contributed by atoms with Gasteiger partial charge in [-0.3, -0.25) is 9.59 Å². The summed E-state index contributed by atoms with van der Waals surface area (Å²) in [6, 6.07) is 20.5. The Morgan fingerprint density at radius 3 is 2.39 bits per heavy atom. The Morgan fingerprint density at radius 1 is 0.939 bits per heavy atom. The number of methoxy groups -OCH3 is 1. The summed E-state index contributed by atoms with van der Waals surface area (Å²) in [7, 11) is 1.54. The molecule has 0 bridgehead atoms. The first-order valence-corrected chi connectivity index (χ1v) is 11.1. The summed E-state index contributed by atoms with van der Waals surface area (Å²) in [4.78, 5) is 27.5. The molecule has 1 aliphatic heterocycles. The summed E-state index contributed by atoms with van der Waals surface area (Å²) >= 11 is 0. The second-order valence-corrected chi connectivity index (χ2v) is 8.07. The van der Waals surface area contributed by atoms with Crippen molar-refractivity contribution in [3.05, 3.63) is 83.4 Å². The number of benzene rings is 3. The molecule has 33 heavy (non-hydrogen) atoms. The highest BCUT2D eigenvalue weighted by Crippen LogP contribution is 2.30. The zero-order valence-corrected chi connectivity index (χ0v) is 19.0. The maximum Gasteiger partial charge on any atom is 0.255 e. The van der Waals surface area contributed by atoms with Crippen LogP contribution in [0.3, 0.4) is 0 Å². The third kappa shape index (κ3) is 5.34. The molecule has 6 heteroatoms. The molecule has 1 heterocycles. The molecule has 3 aromatic carbocycles. The molecular formula is C27H28N2O4. The lowest BCUT2D eigenvalue weighted by Gasteiger charge is -2.20. The van der Waals surface area contributed by atoms with Crippen LogP contribution in [0.15, 0.2) is 66.7 Å². The van der Waals surface area contributed by atoms with Crippen LogP contribution in [0.5, 0.6) is 11.5 Å². The number of anilines is 2. The van der Waals surface area contributed by atoms with E-state index in [-0.39, 0.29) is 11.7 Å². The number of nitrogens with one attached hydrogen (secondary N) is 1. The number of hydrogen-bond donors (Lipinski definition) is 1. The molecule has 1 amide bonds. The van der Waals surface area contributed by atoms with Gasteiger partial charge >= 0.3 is 0 Å². The van der Waals surface area contributed by atoms with Gasteiger partial charge < -0.3 is 19.7 Å². The summed E-state index contributed by atoms with van der Waals surface area (Å²) in [6.07, 6.45) is 2.31. The van der Waals surface area contributed by atoms with Crippen molar-refractivity contribution in [2.45, 2.75) is 26.4 Å². The number of nitrogens with zero attached hydrogens (tertiary/aromatic N) is 1. The zero-order chi connectivity index (χ0) is 23.2. The molecule has 3 aromatic rings. The topological polar surface area (TPSA) is 67.9 Å². The molecule has 0 unspecified atom stereocenters. The molecular weight excluding hydrogens is 416 g/mol. The van der Waals surface area contributed by atoms with Crippen LogP contribution in [0.4, 0.5) is 11.4 Å². The minimum atomic E-state index is -0.320. The lowest BCUT2D eigenvalue weighted by molar-refractivity contribution is 0.101. The monoisotopic (exact) mass is 444 g/mol. The van der Waals surface area contributed by atoms with E-state index in [1.165, 1.54) is 14.0 Å². The van der Waals surface area contributed by atoms with E-state index >= 15 is 0 Å². The van der Waals surface area contributed by atoms with Gasteiger partial charge in [-0.1, -0.05) is 30.3 Å². The minimum Gasteiger partial charge on any atom is -0.493 e. The molecule has 1 N–H and O–H groups in total. The van der Waals surface area contributed by atoms with Crippen molar-refractivity contribution in [2.24, 2.45) is 0 Å². The van der Waals surface area contributed by atoms with E-state index in [2.05, 4.69) is 10.2 Å². The Balaban J connectivity index is 1.50. The average Bonchev–Trinajstić information content (AvgIpc) is 3.38. The molecule has 1 fully saturated rings. The number of carbonyl (C=O) groups excluding carboxylic acids is 2. The molecule has 1 saturated heterocycles. The maximum absolute atomic E-state index is 13.0. The molecule has 6 nitrogen and oxygen atoms in total. The van der Waals surface area contributed by atoms with E-state index in [1.807, 2.05) is 42.5 Å². The molecule has 0 saturated carbocycles. The van der Waals surface area contributed by atoms with Gasteiger partial charge in [0.15, 0.2) is 17.3 Å². The lowest BCUT2D eigenvalue weighted by Crippen LogP contribution is -2.19. The first kappa shape index (κ1) is 22.4. The van der Waals surface area contributed by atoms with E-state index in [0.717, 1.165) is 37.2 Å². The standard InChI is InChI=1S/C27H28N2O4/c1-19(30)23-17-22(29-14-6-7-15-29)11-12-24(23)28-27(31)21-10-13-25(26(16-21)32-2)33-18-20-8-4-3-5-9-20/h3-5,8-13,16-17H,6-7,14-15,18H2,1-2H3,(H,28,31). The maximum atomic E-state index is 13.0. The summed E-state index contributed by atoms with van der Waals surface area (Å²) in [5.41, 5.74) is 3.46. The molecule has 1 aliphatic rings. The fourth-order valence-corrected chi connectivity index (χ4v) is 3.96. The molecule has 0 aliphatic carbocycles. The Hall–Kier alpha value is -3.80.